The Kier molecular flexibility index (Phi) is 9.24. The highest BCUT2D eigenvalue weighted by Crippen LogP contribution is 2.27. The maximum Gasteiger partial charge on any atom is 0.320 e. The lowest BCUT2D eigenvalue weighted by atomic mass is 9.86. The van der Waals surface area contributed by atoms with Crippen LogP contribution >= 0.6 is 0 Å². The zero-order valence-corrected chi connectivity index (χ0v) is 14.3. The molecule has 0 heterocycles. The van der Waals surface area contributed by atoms with Gasteiger partial charge in [-0.3, -0.25) is 14.5 Å². The van der Waals surface area contributed by atoms with Crippen LogP contribution in [0.3, 0.4) is 0 Å². The van der Waals surface area contributed by atoms with Crippen molar-refractivity contribution in [1.82, 2.24) is 4.90 Å². The monoisotopic (exact) mass is 318 g/mol. The van der Waals surface area contributed by atoms with E-state index in [9.17, 15) is 14.7 Å². The number of ether oxygens (including phenoxy) is 2. The van der Waals surface area contributed by atoms with Crippen LogP contribution in [0, 0.1) is 5.41 Å². The molecule has 3 N–H and O–H groups in total. The fraction of sp³-hybridized carbons (Fsp3) is 0.867. The SMILES string of the molecule is CCC(CC(C)(C)C(=O)OCC(O)CN)OC(=O)CN(C)C. The van der Waals surface area contributed by atoms with Gasteiger partial charge in [-0.25, -0.2) is 0 Å². The molecule has 7 nitrogen and oxygen atoms in total. The van der Waals surface area contributed by atoms with Crippen LogP contribution in [0.25, 0.3) is 0 Å². The van der Waals surface area contributed by atoms with Crippen molar-refractivity contribution >= 4 is 11.9 Å². The molecule has 22 heavy (non-hydrogen) atoms. The third kappa shape index (κ3) is 8.31. The topological polar surface area (TPSA) is 102 Å². The second kappa shape index (κ2) is 9.76. The van der Waals surface area contributed by atoms with Crippen LogP contribution in [-0.4, -0.2) is 67.9 Å². The number of esters is 2. The molecular weight excluding hydrogens is 288 g/mol. The Hall–Kier alpha value is -1.18. The molecule has 2 unspecified atom stereocenters. The summed E-state index contributed by atoms with van der Waals surface area (Å²) in [6.45, 7) is 5.46. The fourth-order valence-electron chi connectivity index (χ4n) is 1.84. The molecule has 0 saturated heterocycles. The number of aliphatic hydroxyl groups excluding tert-OH is 1. The van der Waals surface area contributed by atoms with Gasteiger partial charge in [0.1, 0.15) is 18.8 Å². The van der Waals surface area contributed by atoms with E-state index in [0.29, 0.717) is 12.8 Å². The highest BCUT2D eigenvalue weighted by molar-refractivity contribution is 5.76. The largest absolute Gasteiger partial charge is 0.462 e. The molecule has 0 bridgehead atoms. The van der Waals surface area contributed by atoms with Crippen molar-refractivity contribution in [3.05, 3.63) is 0 Å². The minimum absolute atomic E-state index is 0.0352. The lowest BCUT2D eigenvalue weighted by molar-refractivity contribution is -0.163. The summed E-state index contributed by atoms with van der Waals surface area (Å²) in [5.74, 6) is -0.762. The molecule has 0 amide bonds. The fourth-order valence-corrected chi connectivity index (χ4v) is 1.84. The molecule has 0 aromatic heterocycles. The van der Waals surface area contributed by atoms with E-state index in [0.717, 1.165) is 0 Å². The zero-order valence-electron chi connectivity index (χ0n) is 14.3. The first kappa shape index (κ1) is 20.8. The predicted molar refractivity (Wildman–Crippen MR) is 83.1 cm³/mol. The van der Waals surface area contributed by atoms with Gasteiger partial charge in [0.25, 0.3) is 0 Å². The van der Waals surface area contributed by atoms with Crippen LogP contribution in [0.15, 0.2) is 0 Å². The highest BCUT2D eigenvalue weighted by Gasteiger charge is 2.33. The van der Waals surface area contributed by atoms with Gasteiger partial charge >= 0.3 is 11.9 Å². The number of carbonyl (C=O) groups is 2. The maximum absolute atomic E-state index is 12.1. The molecule has 0 aromatic rings. The molecule has 0 spiro atoms. The summed E-state index contributed by atoms with van der Waals surface area (Å²) in [5.41, 5.74) is 4.45. The summed E-state index contributed by atoms with van der Waals surface area (Å²) in [6.07, 6.45) is -0.240. The van der Waals surface area contributed by atoms with E-state index < -0.39 is 17.5 Å². The van der Waals surface area contributed by atoms with E-state index in [1.807, 2.05) is 6.92 Å². The quantitative estimate of drug-likeness (QED) is 0.553. The number of nitrogens with zero attached hydrogens (tertiary/aromatic N) is 1. The Morgan fingerprint density at radius 1 is 1.32 bits per heavy atom. The van der Waals surface area contributed by atoms with Gasteiger partial charge in [0, 0.05) is 6.54 Å². The highest BCUT2D eigenvalue weighted by atomic mass is 16.6. The summed E-state index contributed by atoms with van der Waals surface area (Å²) in [4.78, 5) is 25.5. The molecule has 0 radical (unpaired) electrons. The number of likely N-dealkylation sites (N-methyl/N-ethyl adjacent to an activating group) is 1. The van der Waals surface area contributed by atoms with Gasteiger partial charge in [0.15, 0.2) is 0 Å². The van der Waals surface area contributed by atoms with Gasteiger partial charge in [-0.1, -0.05) is 6.92 Å². The summed E-state index contributed by atoms with van der Waals surface area (Å²) in [5, 5.41) is 9.33. The zero-order chi connectivity index (χ0) is 17.3. The van der Waals surface area contributed by atoms with E-state index in [1.165, 1.54) is 0 Å². The van der Waals surface area contributed by atoms with Crippen molar-refractivity contribution in [2.24, 2.45) is 11.1 Å². The van der Waals surface area contributed by atoms with E-state index in [2.05, 4.69) is 0 Å². The van der Waals surface area contributed by atoms with Crippen molar-refractivity contribution in [3.8, 4) is 0 Å². The average molecular weight is 318 g/mol. The van der Waals surface area contributed by atoms with Crippen molar-refractivity contribution in [2.45, 2.75) is 45.8 Å². The van der Waals surface area contributed by atoms with Crippen LogP contribution in [0.5, 0.6) is 0 Å². The van der Waals surface area contributed by atoms with Crippen molar-refractivity contribution in [3.63, 3.8) is 0 Å². The molecule has 0 fully saturated rings. The van der Waals surface area contributed by atoms with Crippen molar-refractivity contribution < 1.29 is 24.2 Å². The van der Waals surface area contributed by atoms with Gasteiger partial charge < -0.3 is 20.3 Å². The number of nitrogens with two attached hydrogens (primary N) is 1. The van der Waals surface area contributed by atoms with Gasteiger partial charge in [0.2, 0.25) is 0 Å². The minimum Gasteiger partial charge on any atom is -0.462 e. The summed E-state index contributed by atoms with van der Waals surface area (Å²) < 4.78 is 10.4. The Morgan fingerprint density at radius 2 is 1.91 bits per heavy atom. The molecule has 0 aliphatic rings. The normalized spacial score (nSPS) is 14.5. The molecule has 2 atom stereocenters. The van der Waals surface area contributed by atoms with E-state index in [-0.39, 0.29) is 31.8 Å². The maximum atomic E-state index is 12.1. The second-order valence-electron chi connectivity index (χ2n) is 6.33. The Bertz CT molecular complexity index is 358. The average Bonchev–Trinajstić information content (AvgIpc) is 2.42. The van der Waals surface area contributed by atoms with Crippen molar-refractivity contribution in [1.29, 1.82) is 0 Å². The first-order chi connectivity index (χ1) is 10.1. The van der Waals surface area contributed by atoms with E-state index in [4.69, 9.17) is 15.2 Å². The molecule has 130 valence electrons. The Labute approximate surface area is 132 Å². The predicted octanol–water partition coefficient (Wildman–Crippen LogP) is 0.149. The molecule has 0 aromatic carbocycles. The number of rotatable bonds is 10. The molecule has 0 rings (SSSR count). The van der Waals surface area contributed by atoms with Crippen molar-refractivity contribution in [2.75, 3.05) is 33.8 Å². The third-order valence-corrected chi connectivity index (χ3v) is 3.17. The first-order valence-corrected chi connectivity index (χ1v) is 7.52. The number of hydrogen-bond donors (Lipinski definition) is 2. The van der Waals surface area contributed by atoms with E-state index >= 15 is 0 Å². The number of aliphatic hydroxyl groups is 1. The Balaban J connectivity index is 4.50. The van der Waals surface area contributed by atoms with Crippen LogP contribution in [0.1, 0.15) is 33.6 Å². The van der Waals surface area contributed by atoms with Crippen LogP contribution in [0.2, 0.25) is 0 Å². The van der Waals surface area contributed by atoms with Crippen LogP contribution in [0.4, 0.5) is 0 Å². The van der Waals surface area contributed by atoms with Crippen LogP contribution in [-0.2, 0) is 19.1 Å². The minimum atomic E-state index is -0.861. The molecular formula is C15H30N2O5. The standard InChI is InChI=1S/C15H30N2O5/c1-6-12(22-13(19)9-17(4)5)7-15(2,3)14(20)21-10-11(18)8-16/h11-12,18H,6-10,16H2,1-5H3. The first-order valence-electron chi connectivity index (χ1n) is 7.52. The lowest BCUT2D eigenvalue weighted by Gasteiger charge is -2.28. The summed E-state index contributed by atoms with van der Waals surface area (Å²) >= 11 is 0. The van der Waals surface area contributed by atoms with Crippen LogP contribution < -0.4 is 5.73 Å². The van der Waals surface area contributed by atoms with Gasteiger partial charge in [-0.05, 0) is 40.8 Å². The smallest absolute Gasteiger partial charge is 0.320 e. The number of hydrogen-bond acceptors (Lipinski definition) is 7. The lowest BCUT2D eigenvalue weighted by Crippen LogP contribution is -2.36. The van der Waals surface area contributed by atoms with Gasteiger partial charge in [-0.15, -0.1) is 0 Å². The summed E-state index contributed by atoms with van der Waals surface area (Å²) in [7, 11) is 3.57. The van der Waals surface area contributed by atoms with E-state index in [1.54, 1.807) is 32.8 Å². The molecule has 0 aliphatic heterocycles. The molecule has 0 aliphatic carbocycles. The second-order valence-corrected chi connectivity index (χ2v) is 6.33. The van der Waals surface area contributed by atoms with Gasteiger partial charge in [0.05, 0.1) is 12.0 Å². The molecule has 7 heteroatoms. The Morgan fingerprint density at radius 3 is 2.36 bits per heavy atom. The number of carbonyl (C=O) groups excluding carboxylic acids is 2. The summed E-state index contributed by atoms with van der Waals surface area (Å²) in [6, 6.07) is 0. The van der Waals surface area contributed by atoms with Gasteiger partial charge in [-0.2, -0.15) is 0 Å². The molecule has 0 saturated carbocycles. The third-order valence-electron chi connectivity index (χ3n) is 3.17.